The van der Waals surface area contributed by atoms with E-state index in [0.29, 0.717) is 11.6 Å². The van der Waals surface area contributed by atoms with Crippen LogP contribution in [0.1, 0.15) is 48.6 Å². The Morgan fingerprint density at radius 2 is 1.65 bits per heavy atom. The molecule has 20 heavy (non-hydrogen) atoms. The molecule has 0 bridgehead atoms. The summed E-state index contributed by atoms with van der Waals surface area (Å²) in [4.78, 5) is 3.81. The van der Waals surface area contributed by atoms with Crippen molar-refractivity contribution in [2.45, 2.75) is 47.0 Å². The number of hydrogen-bond acceptors (Lipinski definition) is 1. The second-order valence-electron chi connectivity index (χ2n) is 5.66. The molecule has 0 aliphatic carbocycles. The van der Waals surface area contributed by atoms with Crippen molar-refractivity contribution in [1.29, 1.82) is 0 Å². The molecule has 0 aliphatic rings. The lowest BCUT2D eigenvalue weighted by Gasteiger charge is -2.16. The van der Waals surface area contributed by atoms with Gasteiger partial charge in [0.2, 0.25) is 5.95 Å². The van der Waals surface area contributed by atoms with Gasteiger partial charge in [0.1, 0.15) is 0 Å². The molecule has 0 radical (unpaired) electrons. The van der Waals surface area contributed by atoms with E-state index >= 15 is 0 Å². The Hall–Kier alpha value is -1.70. The Morgan fingerprint density at radius 3 is 2.15 bits per heavy atom. The van der Waals surface area contributed by atoms with E-state index in [0.717, 1.165) is 17.5 Å². The Balaban J connectivity index is 2.57. The van der Waals surface area contributed by atoms with Crippen LogP contribution in [0.3, 0.4) is 0 Å². The number of benzene rings is 1. The van der Waals surface area contributed by atoms with Crippen molar-refractivity contribution in [3.8, 4) is 11.1 Å². The third-order valence-electron chi connectivity index (χ3n) is 3.95. The van der Waals surface area contributed by atoms with Crippen molar-refractivity contribution in [3.63, 3.8) is 0 Å². The normalized spacial score (nSPS) is 12.5. The number of aryl methyl sites for hydroxylation is 3. The van der Waals surface area contributed by atoms with Crippen LogP contribution in [0.25, 0.3) is 11.1 Å². The lowest BCUT2D eigenvalue weighted by Crippen LogP contribution is -1.98. The minimum Gasteiger partial charge on any atom is -0.225 e. The second kappa shape index (κ2) is 5.74. The van der Waals surface area contributed by atoms with Crippen LogP contribution in [0, 0.1) is 26.7 Å². The lowest BCUT2D eigenvalue weighted by molar-refractivity contribution is 0.580. The number of pyridine rings is 1. The lowest BCUT2D eigenvalue weighted by atomic mass is 9.89. The van der Waals surface area contributed by atoms with Gasteiger partial charge in [-0.15, -0.1) is 0 Å². The fourth-order valence-electron chi connectivity index (χ4n) is 2.74. The third kappa shape index (κ3) is 2.90. The molecule has 0 saturated carbocycles. The Labute approximate surface area is 120 Å². The topological polar surface area (TPSA) is 12.9 Å². The highest BCUT2D eigenvalue weighted by Gasteiger charge is 2.12. The summed E-state index contributed by atoms with van der Waals surface area (Å²) in [6.45, 7) is 10.5. The average Bonchev–Trinajstić information content (AvgIpc) is 2.35. The number of nitrogens with zero attached hydrogens (tertiary/aromatic N) is 1. The van der Waals surface area contributed by atoms with Crippen LogP contribution in [0.4, 0.5) is 4.39 Å². The van der Waals surface area contributed by atoms with Crippen molar-refractivity contribution in [1.82, 2.24) is 4.98 Å². The minimum absolute atomic E-state index is 0.412. The van der Waals surface area contributed by atoms with Crippen LogP contribution in [0.5, 0.6) is 0 Å². The molecule has 0 aliphatic heterocycles. The first-order valence-electron chi connectivity index (χ1n) is 7.18. The first-order chi connectivity index (χ1) is 9.42. The van der Waals surface area contributed by atoms with Crippen LogP contribution < -0.4 is 0 Å². The number of aromatic nitrogens is 1. The van der Waals surface area contributed by atoms with E-state index in [2.05, 4.69) is 44.8 Å². The molecule has 0 saturated heterocycles. The SMILES string of the molecule is CCC(C)c1cc(C)c(-c2cc(C)nc(F)c2)c(C)c1. The smallest absolute Gasteiger partial charge is 0.213 e. The fourth-order valence-corrected chi connectivity index (χ4v) is 2.74. The third-order valence-corrected chi connectivity index (χ3v) is 3.95. The van der Waals surface area contributed by atoms with Gasteiger partial charge in [-0.25, -0.2) is 4.98 Å². The van der Waals surface area contributed by atoms with Crippen molar-refractivity contribution in [2.75, 3.05) is 0 Å². The monoisotopic (exact) mass is 271 g/mol. The predicted octanol–water partition coefficient (Wildman–Crippen LogP) is 5.33. The molecule has 0 fully saturated rings. The van der Waals surface area contributed by atoms with Gasteiger partial charge in [0.25, 0.3) is 0 Å². The van der Waals surface area contributed by atoms with E-state index in [-0.39, 0.29) is 0 Å². The molecule has 2 aromatic rings. The van der Waals surface area contributed by atoms with Gasteiger partial charge in [0, 0.05) is 11.8 Å². The predicted molar refractivity (Wildman–Crippen MR) is 82.5 cm³/mol. The second-order valence-corrected chi connectivity index (χ2v) is 5.66. The molecule has 1 heterocycles. The Kier molecular flexibility index (Phi) is 4.22. The molecule has 1 unspecified atom stereocenters. The van der Waals surface area contributed by atoms with Gasteiger partial charge in [0.05, 0.1) is 0 Å². The molecule has 0 amide bonds. The van der Waals surface area contributed by atoms with E-state index in [1.807, 2.05) is 13.0 Å². The highest BCUT2D eigenvalue weighted by molar-refractivity contribution is 5.71. The fraction of sp³-hybridized carbons (Fsp3) is 0.389. The zero-order valence-electron chi connectivity index (χ0n) is 12.9. The molecular weight excluding hydrogens is 249 g/mol. The van der Waals surface area contributed by atoms with E-state index in [1.165, 1.54) is 22.8 Å². The van der Waals surface area contributed by atoms with Gasteiger partial charge < -0.3 is 0 Å². The summed E-state index contributed by atoms with van der Waals surface area (Å²) in [5, 5.41) is 0. The zero-order valence-corrected chi connectivity index (χ0v) is 12.9. The summed E-state index contributed by atoms with van der Waals surface area (Å²) < 4.78 is 13.5. The number of halogens is 1. The van der Waals surface area contributed by atoms with Crippen molar-refractivity contribution >= 4 is 0 Å². The largest absolute Gasteiger partial charge is 0.225 e. The van der Waals surface area contributed by atoms with E-state index in [4.69, 9.17) is 0 Å². The first-order valence-corrected chi connectivity index (χ1v) is 7.18. The van der Waals surface area contributed by atoms with E-state index in [1.54, 1.807) is 0 Å². The molecule has 2 rings (SSSR count). The van der Waals surface area contributed by atoms with Gasteiger partial charge in [-0.3, -0.25) is 0 Å². The molecule has 0 spiro atoms. The zero-order chi connectivity index (χ0) is 14.9. The van der Waals surface area contributed by atoms with Crippen LogP contribution in [-0.2, 0) is 0 Å². The van der Waals surface area contributed by atoms with Gasteiger partial charge in [0.15, 0.2) is 0 Å². The van der Waals surface area contributed by atoms with Crippen molar-refractivity contribution < 1.29 is 4.39 Å². The van der Waals surface area contributed by atoms with Crippen molar-refractivity contribution in [2.24, 2.45) is 0 Å². The summed E-state index contributed by atoms with van der Waals surface area (Å²) in [5.41, 5.74) is 6.51. The standard InChI is InChI=1S/C18H22FN/c1-6-11(2)15-7-12(3)18(13(4)8-15)16-9-14(5)20-17(19)10-16/h7-11H,6H2,1-5H3. The van der Waals surface area contributed by atoms with Crippen LogP contribution in [0.2, 0.25) is 0 Å². The highest BCUT2D eigenvalue weighted by atomic mass is 19.1. The highest BCUT2D eigenvalue weighted by Crippen LogP contribution is 2.31. The van der Waals surface area contributed by atoms with Gasteiger partial charge in [-0.05, 0) is 67.0 Å². The molecule has 106 valence electrons. The van der Waals surface area contributed by atoms with Gasteiger partial charge >= 0.3 is 0 Å². The molecule has 0 N–H and O–H groups in total. The maximum Gasteiger partial charge on any atom is 0.213 e. The molecular formula is C18H22FN. The molecule has 1 aromatic carbocycles. The summed E-state index contributed by atoms with van der Waals surface area (Å²) in [7, 11) is 0. The Bertz CT molecular complexity index is 588. The number of rotatable bonds is 3. The first kappa shape index (κ1) is 14.7. The van der Waals surface area contributed by atoms with Crippen LogP contribution in [-0.4, -0.2) is 4.98 Å². The van der Waals surface area contributed by atoms with E-state index < -0.39 is 5.95 Å². The maximum absolute atomic E-state index is 13.5. The number of hydrogen-bond donors (Lipinski definition) is 0. The quantitative estimate of drug-likeness (QED) is 0.688. The molecule has 2 heteroatoms. The summed E-state index contributed by atoms with van der Waals surface area (Å²) in [6.07, 6.45) is 1.13. The summed E-state index contributed by atoms with van der Waals surface area (Å²) in [5.74, 6) is 0.141. The molecule has 1 atom stereocenters. The Morgan fingerprint density at radius 1 is 1.05 bits per heavy atom. The maximum atomic E-state index is 13.5. The molecule has 1 nitrogen and oxygen atoms in total. The average molecular weight is 271 g/mol. The van der Waals surface area contributed by atoms with Crippen LogP contribution >= 0.6 is 0 Å². The van der Waals surface area contributed by atoms with Crippen molar-refractivity contribution in [3.05, 3.63) is 52.6 Å². The summed E-state index contributed by atoms with van der Waals surface area (Å²) in [6, 6.07) is 7.92. The van der Waals surface area contributed by atoms with Gasteiger partial charge in [-0.1, -0.05) is 26.0 Å². The molecule has 1 aromatic heterocycles. The van der Waals surface area contributed by atoms with Crippen LogP contribution in [0.15, 0.2) is 24.3 Å². The van der Waals surface area contributed by atoms with E-state index in [9.17, 15) is 4.39 Å². The minimum atomic E-state index is -0.412. The van der Waals surface area contributed by atoms with Gasteiger partial charge in [-0.2, -0.15) is 4.39 Å². The summed E-state index contributed by atoms with van der Waals surface area (Å²) >= 11 is 0.